The molecular formula is C16H18BrN3OS. The third-order valence-corrected chi connectivity index (χ3v) is 5.05. The summed E-state index contributed by atoms with van der Waals surface area (Å²) in [6, 6.07) is 7.31. The quantitative estimate of drug-likeness (QED) is 0.867. The van der Waals surface area contributed by atoms with Crippen LogP contribution in [0.2, 0.25) is 0 Å². The SMILES string of the molecule is O=C(Nc1nc(CN2CCCCC2)cs1)c1ccc(Br)cc1. The molecule has 1 saturated heterocycles. The first-order valence-corrected chi connectivity index (χ1v) is 9.12. The number of carbonyl (C=O) groups excluding carboxylic acids is 1. The summed E-state index contributed by atoms with van der Waals surface area (Å²) < 4.78 is 0.960. The Labute approximate surface area is 142 Å². The van der Waals surface area contributed by atoms with Gasteiger partial charge < -0.3 is 0 Å². The molecule has 0 saturated carbocycles. The lowest BCUT2D eigenvalue weighted by Gasteiger charge is -2.25. The van der Waals surface area contributed by atoms with Crippen molar-refractivity contribution in [3.63, 3.8) is 0 Å². The first kappa shape index (κ1) is 15.6. The summed E-state index contributed by atoms with van der Waals surface area (Å²) in [5, 5.41) is 5.57. The van der Waals surface area contributed by atoms with Gasteiger partial charge in [-0.05, 0) is 50.2 Å². The molecule has 4 nitrogen and oxygen atoms in total. The lowest BCUT2D eigenvalue weighted by atomic mass is 10.1. The van der Waals surface area contributed by atoms with E-state index in [0.717, 1.165) is 29.8 Å². The van der Waals surface area contributed by atoms with Crippen LogP contribution in [0.15, 0.2) is 34.1 Å². The fourth-order valence-electron chi connectivity index (χ4n) is 2.55. The number of thiazole rings is 1. The van der Waals surface area contributed by atoms with Gasteiger partial charge in [-0.15, -0.1) is 11.3 Å². The average molecular weight is 380 g/mol. The van der Waals surface area contributed by atoms with Crippen LogP contribution in [0.25, 0.3) is 0 Å². The van der Waals surface area contributed by atoms with Crippen LogP contribution in [-0.2, 0) is 6.54 Å². The Bertz CT molecular complexity index is 635. The number of hydrogen-bond acceptors (Lipinski definition) is 4. The van der Waals surface area contributed by atoms with Gasteiger partial charge in [0.25, 0.3) is 5.91 Å². The Morgan fingerprint density at radius 1 is 1.23 bits per heavy atom. The molecule has 1 aromatic carbocycles. The van der Waals surface area contributed by atoms with Gasteiger partial charge in [0, 0.05) is 22.0 Å². The Morgan fingerprint density at radius 3 is 2.68 bits per heavy atom. The standard InChI is InChI=1S/C16H18BrN3OS/c17-13-6-4-12(5-7-13)15(21)19-16-18-14(11-22-16)10-20-8-2-1-3-9-20/h4-7,11H,1-3,8-10H2,(H,18,19,21). The zero-order valence-corrected chi connectivity index (χ0v) is 14.6. The van der Waals surface area contributed by atoms with Crippen LogP contribution in [0.4, 0.5) is 5.13 Å². The maximum absolute atomic E-state index is 12.2. The number of nitrogens with zero attached hydrogens (tertiary/aromatic N) is 2. The summed E-state index contributed by atoms with van der Waals surface area (Å²) in [6.07, 6.45) is 3.89. The van der Waals surface area contributed by atoms with Crippen LogP contribution >= 0.6 is 27.3 Å². The first-order chi connectivity index (χ1) is 10.7. The van der Waals surface area contributed by atoms with Gasteiger partial charge in [0.2, 0.25) is 0 Å². The average Bonchev–Trinajstić information content (AvgIpc) is 2.96. The third kappa shape index (κ3) is 4.15. The van der Waals surface area contributed by atoms with Gasteiger partial charge in [0.05, 0.1) is 5.69 Å². The number of carbonyl (C=O) groups is 1. The van der Waals surface area contributed by atoms with Gasteiger partial charge >= 0.3 is 0 Å². The fraction of sp³-hybridized carbons (Fsp3) is 0.375. The second-order valence-corrected chi connectivity index (χ2v) is 7.22. The molecule has 0 radical (unpaired) electrons. The number of aromatic nitrogens is 1. The molecule has 116 valence electrons. The van der Waals surface area contributed by atoms with E-state index in [2.05, 4.69) is 31.1 Å². The lowest BCUT2D eigenvalue weighted by molar-refractivity contribution is 0.102. The second-order valence-electron chi connectivity index (χ2n) is 5.44. The molecule has 22 heavy (non-hydrogen) atoms. The maximum atomic E-state index is 12.2. The minimum absolute atomic E-state index is 0.119. The molecule has 1 amide bonds. The molecule has 1 aliphatic heterocycles. The number of likely N-dealkylation sites (tertiary alicyclic amines) is 1. The van der Waals surface area contributed by atoms with Crippen molar-refractivity contribution >= 4 is 38.3 Å². The van der Waals surface area contributed by atoms with Crippen molar-refractivity contribution < 1.29 is 4.79 Å². The smallest absolute Gasteiger partial charge is 0.257 e. The Morgan fingerprint density at radius 2 is 1.95 bits per heavy atom. The minimum Gasteiger partial charge on any atom is -0.298 e. The number of amides is 1. The highest BCUT2D eigenvalue weighted by Crippen LogP contribution is 2.20. The molecule has 3 rings (SSSR count). The highest BCUT2D eigenvalue weighted by molar-refractivity contribution is 9.10. The normalized spacial score (nSPS) is 15.7. The highest BCUT2D eigenvalue weighted by Gasteiger charge is 2.13. The number of piperidine rings is 1. The Balaban J connectivity index is 1.58. The predicted octanol–water partition coefficient (Wildman–Crippen LogP) is 4.14. The van der Waals surface area contributed by atoms with Gasteiger partial charge in [0.15, 0.2) is 5.13 Å². The number of anilines is 1. The maximum Gasteiger partial charge on any atom is 0.257 e. The van der Waals surface area contributed by atoms with Crippen LogP contribution in [-0.4, -0.2) is 28.9 Å². The van der Waals surface area contributed by atoms with Gasteiger partial charge in [-0.1, -0.05) is 22.4 Å². The van der Waals surface area contributed by atoms with E-state index in [4.69, 9.17) is 0 Å². The molecule has 0 aliphatic carbocycles. The number of halogens is 1. The summed E-state index contributed by atoms with van der Waals surface area (Å²) >= 11 is 4.85. The summed E-state index contributed by atoms with van der Waals surface area (Å²) in [5.74, 6) is -0.119. The van der Waals surface area contributed by atoms with E-state index in [1.165, 1.54) is 30.6 Å². The van der Waals surface area contributed by atoms with E-state index in [9.17, 15) is 4.79 Å². The van der Waals surface area contributed by atoms with Gasteiger partial charge in [-0.25, -0.2) is 4.98 Å². The summed E-state index contributed by atoms with van der Waals surface area (Å²) in [6.45, 7) is 3.18. The minimum atomic E-state index is -0.119. The van der Waals surface area contributed by atoms with Crippen molar-refractivity contribution in [3.05, 3.63) is 45.4 Å². The number of hydrogen-bond donors (Lipinski definition) is 1. The molecule has 6 heteroatoms. The zero-order chi connectivity index (χ0) is 15.4. The van der Waals surface area contributed by atoms with Gasteiger partial charge in [-0.2, -0.15) is 0 Å². The van der Waals surface area contributed by atoms with E-state index in [1.54, 1.807) is 12.1 Å². The molecule has 0 atom stereocenters. The van der Waals surface area contributed by atoms with E-state index in [1.807, 2.05) is 17.5 Å². The van der Waals surface area contributed by atoms with Crippen molar-refractivity contribution in [3.8, 4) is 0 Å². The summed E-state index contributed by atoms with van der Waals surface area (Å²) in [7, 11) is 0. The van der Waals surface area contributed by atoms with Gasteiger partial charge in [-0.3, -0.25) is 15.0 Å². The van der Waals surface area contributed by atoms with Crippen molar-refractivity contribution in [2.45, 2.75) is 25.8 Å². The lowest BCUT2D eigenvalue weighted by Crippen LogP contribution is -2.29. The predicted molar refractivity (Wildman–Crippen MR) is 93.3 cm³/mol. The second kappa shape index (κ2) is 7.35. The van der Waals surface area contributed by atoms with E-state index in [-0.39, 0.29) is 5.91 Å². The highest BCUT2D eigenvalue weighted by atomic mass is 79.9. The van der Waals surface area contributed by atoms with Crippen LogP contribution in [0, 0.1) is 0 Å². The molecule has 1 fully saturated rings. The Hall–Kier alpha value is -1.24. The van der Waals surface area contributed by atoms with Crippen LogP contribution in [0.1, 0.15) is 35.3 Å². The molecule has 2 heterocycles. The zero-order valence-electron chi connectivity index (χ0n) is 12.2. The fourth-order valence-corrected chi connectivity index (χ4v) is 3.51. The molecule has 2 aromatic rings. The van der Waals surface area contributed by atoms with Crippen molar-refractivity contribution in [1.29, 1.82) is 0 Å². The Kier molecular flexibility index (Phi) is 5.23. The van der Waals surface area contributed by atoms with Crippen molar-refractivity contribution in [2.24, 2.45) is 0 Å². The van der Waals surface area contributed by atoms with Crippen molar-refractivity contribution in [2.75, 3.05) is 18.4 Å². The van der Waals surface area contributed by atoms with E-state index < -0.39 is 0 Å². The topological polar surface area (TPSA) is 45.2 Å². The van der Waals surface area contributed by atoms with Crippen molar-refractivity contribution in [1.82, 2.24) is 9.88 Å². The van der Waals surface area contributed by atoms with Gasteiger partial charge in [0.1, 0.15) is 0 Å². The molecule has 0 bridgehead atoms. The summed E-state index contributed by atoms with van der Waals surface area (Å²) in [5.41, 5.74) is 1.67. The van der Waals surface area contributed by atoms with Crippen LogP contribution in [0.3, 0.4) is 0 Å². The first-order valence-electron chi connectivity index (χ1n) is 7.44. The number of nitrogens with one attached hydrogen (secondary N) is 1. The van der Waals surface area contributed by atoms with E-state index in [0.29, 0.717) is 10.7 Å². The third-order valence-electron chi connectivity index (χ3n) is 3.71. The van der Waals surface area contributed by atoms with E-state index >= 15 is 0 Å². The monoisotopic (exact) mass is 379 g/mol. The largest absolute Gasteiger partial charge is 0.298 e. The number of rotatable bonds is 4. The molecule has 0 unspecified atom stereocenters. The van der Waals surface area contributed by atoms with Crippen LogP contribution in [0.5, 0.6) is 0 Å². The molecule has 1 aromatic heterocycles. The molecule has 1 aliphatic rings. The molecule has 0 spiro atoms. The van der Waals surface area contributed by atoms with Crippen LogP contribution < -0.4 is 5.32 Å². The molecular weight excluding hydrogens is 362 g/mol. The summed E-state index contributed by atoms with van der Waals surface area (Å²) in [4.78, 5) is 19.1. The molecule has 1 N–H and O–H groups in total. The number of benzene rings is 1.